The average molecular weight is 495 g/mol. The first-order valence-corrected chi connectivity index (χ1v) is 11.5. The largest absolute Gasteiger partial charge is 0.490 e. The summed E-state index contributed by atoms with van der Waals surface area (Å²) in [5.74, 6) is 0.554. The molecule has 34 heavy (non-hydrogen) atoms. The highest BCUT2D eigenvalue weighted by Crippen LogP contribution is 2.31. The van der Waals surface area contributed by atoms with Crippen LogP contribution in [-0.2, 0) is 17.8 Å². The van der Waals surface area contributed by atoms with Crippen molar-refractivity contribution in [2.75, 3.05) is 11.9 Å². The number of nitrogens with one attached hydrogen (secondary N) is 1. The molecule has 0 fully saturated rings. The van der Waals surface area contributed by atoms with E-state index in [1.54, 1.807) is 30.3 Å². The number of aryl methyl sites for hydroxylation is 1. The number of carbonyl (C=O) groups is 1. The predicted molar refractivity (Wildman–Crippen MR) is 136 cm³/mol. The summed E-state index contributed by atoms with van der Waals surface area (Å²) < 4.78 is 11.6. The molecule has 0 saturated heterocycles. The number of nitriles is 1. The topological polar surface area (TPSA) is 71.3 Å². The summed E-state index contributed by atoms with van der Waals surface area (Å²) in [6.45, 7) is 4.62. The van der Waals surface area contributed by atoms with Crippen LogP contribution in [0.3, 0.4) is 0 Å². The maximum absolute atomic E-state index is 12.6. The van der Waals surface area contributed by atoms with Crippen molar-refractivity contribution in [2.24, 2.45) is 0 Å². The quantitative estimate of drug-likeness (QED) is 0.254. The van der Waals surface area contributed by atoms with Crippen LogP contribution in [0.1, 0.15) is 30.5 Å². The van der Waals surface area contributed by atoms with Gasteiger partial charge in [0.1, 0.15) is 18.2 Å². The number of benzene rings is 3. The molecule has 0 aliphatic rings. The number of amides is 1. The fourth-order valence-corrected chi connectivity index (χ4v) is 3.45. The Kier molecular flexibility index (Phi) is 8.98. The van der Waals surface area contributed by atoms with Crippen molar-refractivity contribution in [1.29, 1.82) is 5.26 Å². The lowest BCUT2D eigenvalue weighted by molar-refractivity contribution is -0.112. The second kappa shape index (κ2) is 12.1. The minimum absolute atomic E-state index is 0.0218. The first kappa shape index (κ1) is 25.2. The van der Waals surface area contributed by atoms with E-state index in [0.29, 0.717) is 39.4 Å². The van der Waals surface area contributed by atoms with Gasteiger partial charge >= 0.3 is 0 Å². The molecule has 0 aromatic heterocycles. The Hall–Kier alpha value is -3.46. The second-order valence-electron chi connectivity index (χ2n) is 7.35. The Bertz CT molecular complexity index is 1230. The standard InChI is InChI=1S/C27H24Cl2N2O3/c1-3-18-5-9-22(10-6-18)31-27(32)21(16-30)13-19-8-12-25(26(15-19)33-4-2)34-17-20-7-11-23(28)24(29)14-20/h5-15H,3-4,17H2,1-2H3,(H,31,32)/b21-13-. The zero-order chi connectivity index (χ0) is 24.5. The first-order chi connectivity index (χ1) is 16.4. The number of anilines is 1. The Morgan fingerprint density at radius 1 is 0.941 bits per heavy atom. The summed E-state index contributed by atoms with van der Waals surface area (Å²) in [6.07, 6.45) is 2.42. The van der Waals surface area contributed by atoms with Crippen LogP contribution in [0.25, 0.3) is 6.08 Å². The zero-order valence-corrected chi connectivity index (χ0v) is 20.4. The van der Waals surface area contributed by atoms with Gasteiger partial charge in [-0.25, -0.2) is 0 Å². The molecule has 174 valence electrons. The van der Waals surface area contributed by atoms with E-state index in [-0.39, 0.29) is 12.2 Å². The molecule has 3 aromatic rings. The number of halogens is 2. The van der Waals surface area contributed by atoms with Gasteiger partial charge in [0.25, 0.3) is 5.91 Å². The lowest BCUT2D eigenvalue weighted by Gasteiger charge is -2.13. The Morgan fingerprint density at radius 3 is 2.32 bits per heavy atom. The number of ether oxygens (including phenoxy) is 2. The van der Waals surface area contributed by atoms with Gasteiger partial charge in [-0.2, -0.15) is 5.26 Å². The third kappa shape index (κ3) is 6.77. The molecular weight excluding hydrogens is 471 g/mol. The van der Waals surface area contributed by atoms with Gasteiger partial charge < -0.3 is 14.8 Å². The second-order valence-corrected chi connectivity index (χ2v) is 8.17. The molecule has 0 heterocycles. The molecule has 1 amide bonds. The summed E-state index contributed by atoms with van der Waals surface area (Å²) in [4.78, 5) is 12.6. The zero-order valence-electron chi connectivity index (χ0n) is 18.9. The molecule has 1 N–H and O–H groups in total. The van der Waals surface area contributed by atoms with Gasteiger partial charge in [0.2, 0.25) is 0 Å². The molecule has 0 radical (unpaired) electrons. The maximum Gasteiger partial charge on any atom is 0.266 e. The van der Waals surface area contributed by atoms with Crippen molar-refractivity contribution in [1.82, 2.24) is 0 Å². The van der Waals surface area contributed by atoms with E-state index in [9.17, 15) is 10.1 Å². The Morgan fingerprint density at radius 2 is 1.68 bits per heavy atom. The molecule has 7 heteroatoms. The van der Waals surface area contributed by atoms with Gasteiger partial charge in [-0.1, -0.05) is 54.4 Å². The van der Waals surface area contributed by atoms with Gasteiger partial charge in [0, 0.05) is 5.69 Å². The van der Waals surface area contributed by atoms with Crippen LogP contribution in [0.15, 0.2) is 66.2 Å². The fourth-order valence-electron chi connectivity index (χ4n) is 3.13. The lowest BCUT2D eigenvalue weighted by atomic mass is 10.1. The molecule has 0 saturated carbocycles. The minimum atomic E-state index is -0.482. The van der Waals surface area contributed by atoms with Crippen molar-refractivity contribution in [3.63, 3.8) is 0 Å². The molecular formula is C27H24Cl2N2O3. The van der Waals surface area contributed by atoms with E-state index >= 15 is 0 Å². The fraction of sp³-hybridized carbons (Fsp3) is 0.185. The van der Waals surface area contributed by atoms with Crippen molar-refractivity contribution < 1.29 is 14.3 Å². The summed E-state index contributed by atoms with van der Waals surface area (Å²) in [5.41, 5.74) is 3.27. The summed E-state index contributed by atoms with van der Waals surface area (Å²) in [7, 11) is 0. The van der Waals surface area contributed by atoms with Crippen molar-refractivity contribution >= 4 is 40.9 Å². The molecule has 3 aromatic carbocycles. The van der Waals surface area contributed by atoms with E-state index in [1.165, 1.54) is 11.6 Å². The minimum Gasteiger partial charge on any atom is -0.490 e. The molecule has 0 atom stereocenters. The van der Waals surface area contributed by atoms with E-state index in [0.717, 1.165) is 12.0 Å². The predicted octanol–water partition coefficient (Wildman–Crippen LogP) is 7.08. The molecule has 3 rings (SSSR count). The van der Waals surface area contributed by atoms with E-state index in [1.807, 2.05) is 43.3 Å². The molecule has 0 bridgehead atoms. The van der Waals surface area contributed by atoms with Crippen molar-refractivity contribution in [3.8, 4) is 17.6 Å². The van der Waals surface area contributed by atoms with Crippen molar-refractivity contribution in [3.05, 3.63) is 93.0 Å². The van der Waals surface area contributed by atoms with Crippen LogP contribution >= 0.6 is 23.2 Å². The van der Waals surface area contributed by atoms with Gasteiger partial charge in [-0.3, -0.25) is 4.79 Å². The highest BCUT2D eigenvalue weighted by molar-refractivity contribution is 6.42. The smallest absolute Gasteiger partial charge is 0.266 e. The van der Waals surface area contributed by atoms with Gasteiger partial charge in [-0.15, -0.1) is 0 Å². The lowest BCUT2D eigenvalue weighted by Crippen LogP contribution is -2.13. The van der Waals surface area contributed by atoms with Crippen LogP contribution in [0.5, 0.6) is 11.5 Å². The number of hydrogen-bond acceptors (Lipinski definition) is 4. The third-order valence-electron chi connectivity index (χ3n) is 4.94. The number of carbonyl (C=O) groups excluding carboxylic acids is 1. The van der Waals surface area contributed by atoms with E-state index in [4.69, 9.17) is 32.7 Å². The van der Waals surface area contributed by atoms with E-state index in [2.05, 4.69) is 12.2 Å². The van der Waals surface area contributed by atoms with Crippen LogP contribution in [0, 0.1) is 11.3 Å². The number of rotatable bonds is 9. The number of hydrogen-bond donors (Lipinski definition) is 1. The first-order valence-electron chi connectivity index (χ1n) is 10.8. The Balaban J connectivity index is 1.76. The number of nitrogens with zero attached hydrogens (tertiary/aromatic N) is 1. The monoisotopic (exact) mass is 494 g/mol. The molecule has 0 unspecified atom stereocenters. The van der Waals surface area contributed by atoms with Crippen LogP contribution in [0.2, 0.25) is 10.0 Å². The van der Waals surface area contributed by atoms with Crippen LogP contribution < -0.4 is 14.8 Å². The van der Waals surface area contributed by atoms with Gasteiger partial charge in [0.05, 0.1) is 16.7 Å². The SMILES string of the molecule is CCOc1cc(/C=C(/C#N)C(=O)Nc2ccc(CC)cc2)ccc1OCc1ccc(Cl)c(Cl)c1. The van der Waals surface area contributed by atoms with Crippen LogP contribution in [-0.4, -0.2) is 12.5 Å². The Labute approximate surface area is 209 Å². The summed E-state index contributed by atoms with van der Waals surface area (Å²) >= 11 is 12.0. The molecule has 0 spiro atoms. The molecule has 0 aliphatic heterocycles. The van der Waals surface area contributed by atoms with Crippen LogP contribution in [0.4, 0.5) is 5.69 Å². The maximum atomic E-state index is 12.6. The highest BCUT2D eigenvalue weighted by atomic mass is 35.5. The highest BCUT2D eigenvalue weighted by Gasteiger charge is 2.12. The molecule has 5 nitrogen and oxygen atoms in total. The molecule has 0 aliphatic carbocycles. The van der Waals surface area contributed by atoms with Gasteiger partial charge in [0.15, 0.2) is 11.5 Å². The van der Waals surface area contributed by atoms with Gasteiger partial charge in [-0.05, 0) is 72.5 Å². The average Bonchev–Trinajstić information content (AvgIpc) is 2.84. The summed E-state index contributed by atoms with van der Waals surface area (Å²) in [6, 6.07) is 20.0. The normalized spacial score (nSPS) is 11.0. The van der Waals surface area contributed by atoms with E-state index < -0.39 is 5.91 Å². The van der Waals surface area contributed by atoms with Crippen molar-refractivity contribution in [2.45, 2.75) is 26.9 Å². The third-order valence-corrected chi connectivity index (χ3v) is 5.68. The summed E-state index contributed by atoms with van der Waals surface area (Å²) in [5, 5.41) is 13.2.